The number of epoxide rings is 1. The van der Waals surface area contributed by atoms with Gasteiger partial charge in [-0.1, -0.05) is 13.3 Å². The average Bonchev–Trinajstić information content (AvgIpc) is 2.90. The highest BCUT2D eigenvalue weighted by atomic mass is 28.2. The summed E-state index contributed by atoms with van der Waals surface area (Å²) in [6.07, 6.45) is 7.78. The first kappa shape index (κ1) is 9.68. The molecule has 76 valence electrons. The summed E-state index contributed by atoms with van der Waals surface area (Å²) in [6.45, 7) is 3.22. The van der Waals surface area contributed by atoms with Gasteiger partial charge < -0.3 is 9.16 Å². The molecular formula is C10H20O2Si. The predicted octanol–water partition coefficient (Wildman–Crippen LogP) is 1.63. The van der Waals surface area contributed by atoms with Gasteiger partial charge in [-0.05, 0) is 31.2 Å². The highest BCUT2D eigenvalue weighted by Crippen LogP contribution is 2.41. The Morgan fingerprint density at radius 2 is 2.31 bits per heavy atom. The van der Waals surface area contributed by atoms with Crippen molar-refractivity contribution in [2.24, 2.45) is 0 Å². The molecule has 0 radical (unpaired) electrons. The highest BCUT2D eigenvalue weighted by Gasteiger charge is 2.43. The minimum absolute atomic E-state index is 0.240. The summed E-state index contributed by atoms with van der Waals surface area (Å²) in [6, 6.07) is 0. The predicted molar refractivity (Wildman–Crippen MR) is 55.7 cm³/mol. The largest absolute Gasteiger partial charge is 0.424 e. The molecular weight excluding hydrogens is 180 g/mol. The third-order valence-electron chi connectivity index (χ3n) is 3.11. The van der Waals surface area contributed by atoms with Crippen molar-refractivity contribution in [3.8, 4) is 0 Å². The van der Waals surface area contributed by atoms with Crippen LogP contribution in [0.2, 0.25) is 5.54 Å². The number of ether oxygens (including phenoxy) is 1. The van der Waals surface area contributed by atoms with Crippen molar-refractivity contribution in [2.75, 3.05) is 6.61 Å². The Morgan fingerprint density at radius 1 is 1.38 bits per heavy atom. The van der Waals surface area contributed by atoms with Crippen LogP contribution in [0, 0.1) is 0 Å². The topological polar surface area (TPSA) is 21.8 Å². The van der Waals surface area contributed by atoms with E-state index < -0.39 is 0 Å². The van der Waals surface area contributed by atoms with Crippen molar-refractivity contribution in [2.45, 2.75) is 56.8 Å². The van der Waals surface area contributed by atoms with E-state index in [4.69, 9.17) is 9.16 Å². The lowest BCUT2D eigenvalue weighted by Gasteiger charge is -2.17. The summed E-state index contributed by atoms with van der Waals surface area (Å²) in [5.74, 6) is 0. The number of rotatable bonds is 5. The van der Waals surface area contributed by atoms with E-state index in [1.807, 2.05) is 0 Å². The molecule has 2 aliphatic rings. The van der Waals surface area contributed by atoms with Crippen LogP contribution in [0.25, 0.3) is 0 Å². The fourth-order valence-electron chi connectivity index (χ4n) is 2.13. The molecule has 3 atom stereocenters. The van der Waals surface area contributed by atoms with Gasteiger partial charge in [0.2, 0.25) is 0 Å². The van der Waals surface area contributed by atoms with E-state index in [-0.39, 0.29) is 9.76 Å². The summed E-state index contributed by atoms with van der Waals surface area (Å²) < 4.78 is 11.3. The molecule has 1 saturated carbocycles. The van der Waals surface area contributed by atoms with Crippen LogP contribution in [0.15, 0.2) is 0 Å². The molecule has 1 aliphatic carbocycles. The van der Waals surface area contributed by atoms with Gasteiger partial charge in [-0.25, -0.2) is 0 Å². The van der Waals surface area contributed by atoms with Crippen LogP contribution < -0.4 is 0 Å². The molecule has 2 rings (SSSR count). The number of hydrogen-bond acceptors (Lipinski definition) is 2. The molecule has 1 heterocycles. The number of fused-ring (bicyclic) bond motifs is 1. The third kappa shape index (κ3) is 2.79. The smallest absolute Gasteiger partial charge is 0.164 e. The van der Waals surface area contributed by atoms with E-state index in [1.165, 1.54) is 32.1 Å². The maximum atomic E-state index is 5.76. The minimum Gasteiger partial charge on any atom is -0.424 e. The monoisotopic (exact) mass is 200 g/mol. The van der Waals surface area contributed by atoms with E-state index in [2.05, 4.69) is 6.92 Å². The van der Waals surface area contributed by atoms with Crippen LogP contribution in [-0.2, 0) is 9.16 Å². The summed E-state index contributed by atoms with van der Waals surface area (Å²) >= 11 is 0. The van der Waals surface area contributed by atoms with Crippen molar-refractivity contribution in [3.05, 3.63) is 0 Å². The minimum atomic E-state index is -0.240. The fraction of sp³-hybridized carbons (Fsp3) is 1.00. The Morgan fingerprint density at radius 3 is 3.08 bits per heavy atom. The number of hydrogen-bond donors (Lipinski definition) is 0. The van der Waals surface area contributed by atoms with Crippen LogP contribution in [0.5, 0.6) is 0 Å². The Labute approximate surface area is 82.9 Å². The lowest BCUT2D eigenvalue weighted by atomic mass is 10.0. The van der Waals surface area contributed by atoms with E-state index in [0.717, 1.165) is 12.1 Å². The molecule has 0 bridgehead atoms. The molecule has 1 aliphatic heterocycles. The van der Waals surface area contributed by atoms with E-state index in [0.29, 0.717) is 12.2 Å². The molecule has 0 aromatic carbocycles. The van der Waals surface area contributed by atoms with Crippen molar-refractivity contribution in [1.29, 1.82) is 0 Å². The highest BCUT2D eigenvalue weighted by molar-refractivity contribution is 6.29. The Kier molecular flexibility index (Phi) is 3.41. The van der Waals surface area contributed by atoms with Gasteiger partial charge >= 0.3 is 0 Å². The van der Waals surface area contributed by atoms with Crippen LogP contribution in [-0.4, -0.2) is 28.6 Å². The van der Waals surface area contributed by atoms with Crippen molar-refractivity contribution in [3.63, 3.8) is 0 Å². The Bertz CT molecular complexity index is 163. The van der Waals surface area contributed by atoms with Crippen molar-refractivity contribution in [1.82, 2.24) is 0 Å². The first-order valence-corrected chi connectivity index (χ1v) is 7.02. The van der Waals surface area contributed by atoms with Crippen LogP contribution >= 0.6 is 0 Å². The molecule has 3 heteroatoms. The second kappa shape index (κ2) is 4.58. The SMILES string of the molecule is CCCCO[SiH2]C1CCC2OC2C1. The quantitative estimate of drug-likeness (QED) is 0.382. The van der Waals surface area contributed by atoms with E-state index in [9.17, 15) is 0 Å². The molecule has 0 spiro atoms. The molecule has 0 N–H and O–H groups in total. The first-order valence-electron chi connectivity index (χ1n) is 5.63. The van der Waals surface area contributed by atoms with Gasteiger partial charge in [-0.15, -0.1) is 0 Å². The van der Waals surface area contributed by atoms with Crippen LogP contribution in [0.4, 0.5) is 0 Å². The molecule has 2 nitrogen and oxygen atoms in total. The molecule has 2 fully saturated rings. The molecule has 13 heavy (non-hydrogen) atoms. The molecule has 1 saturated heterocycles. The van der Waals surface area contributed by atoms with Gasteiger partial charge in [0.25, 0.3) is 0 Å². The summed E-state index contributed by atoms with van der Waals surface area (Å²) in [5.41, 5.74) is 0.917. The van der Waals surface area contributed by atoms with Gasteiger partial charge in [0.15, 0.2) is 9.76 Å². The normalized spacial score (nSPS) is 38.1. The van der Waals surface area contributed by atoms with Gasteiger partial charge in [0.05, 0.1) is 12.2 Å². The Hall–Kier alpha value is 0.137. The van der Waals surface area contributed by atoms with E-state index >= 15 is 0 Å². The Balaban J connectivity index is 1.54. The van der Waals surface area contributed by atoms with Crippen LogP contribution in [0.1, 0.15) is 39.0 Å². The van der Waals surface area contributed by atoms with Crippen molar-refractivity contribution < 1.29 is 9.16 Å². The maximum Gasteiger partial charge on any atom is 0.164 e. The second-order valence-corrected chi connectivity index (χ2v) is 6.22. The van der Waals surface area contributed by atoms with Crippen molar-refractivity contribution >= 4 is 9.76 Å². The fourth-order valence-corrected chi connectivity index (χ4v) is 3.71. The van der Waals surface area contributed by atoms with Crippen LogP contribution in [0.3, 0.4) is 0 Å². The maximum absolute atomic E-state index is 5.76. The average molecular weight is 200 g/mol. The van der Waals surface area contributed by atoms with E-state index in [1.54, 1.807) is 0 Å². The first-order chi connectivity index (χ1) is 6.40. The molecule has 0 aromatic rings. The number of unbranched alkanes of at least 4 members (excludes halogenated alkanes) is 1. The third-order valence-corrected chi connectivity index (χ3v) is 4.85. The van der Waals surface area contributed by atoms with Gasteiger partial charge in [-0.2, -0.15) is 0 Å². The van der Waals surface area contributed by atoms with Gasteiger partial charge in [0.1, 0.15) is 0 Å². The zero-order valence-electron chi connectivity index (χ0n) is 8.50. The summed E-state index contributed by atoms with van der Waals surface area (Å²) in [7, 11) is -0.240. The summed E-state index contributed by atoms with van der Waals surface area (Å²) in [4.78, 5) is 0. The molecule has 3 unspecified atom stereocenters. The standard InChI is InChI=1S/C10H20O2Si/c1-2-3-6-11-13-8-4-5-9-10(7-8)12-9/h8-10H,2-7,13H2,1H3. The second-order valence-electron chi connectivity index (χ2n) is 4.32. The lowest BCUT2D eigenvalue weighted by Crippen LogP contribution is -2.16. The summed E-state index contributed by atoms with van der Waals surface area (Å²) in [5, 5.41) is 0. The molecule has 0 aromatic heterocycles. The lowest BCUT2D eigenvalue weighted by molar-refractivity contribution is 0.313. The zero-order chi connectivity index (χ0) is 9.10. The van der Waals surface area contributed by atoms with Gasteiger partial charge in [-0.3, -0.25) is 0 Å². The zero-order valence-corrected chi connectivity index (χ0v) is 9.91. The van der Waals surface area contributed by atoms with Gasteiger partial charge in [0, 0.05) is 6.61 Å². The molecule has 0 amide bonds.